The number of nitrogens with zero attached hydrogens (tertiary/aromatic N) is 2. The molecular weight excluding hydrogens is 488 g/mol. The molecule has 0 aromatic carbocycles. The zero-order chi connectivity index (χ0) is 24.0. The number of primary amides is 1. The maximum absolute atomic E-state index is 12.8. The SMILES string of the molecule is C[C@H]1CCc2c(sc(NC(=O)CSC(=S)N3C[C@H]4C[C@@H](C3)c3cccc(=O)n3C4)c2C(N)=O)C1. The van der Waals surface area contributed by atoms with E-state index in [1.165, 1.54) is 23.1 Å². The number of nitrogens with two attached hydrogens (primary N) is 1. The van der Waals surface area contributed by atoms with Crippen LogP contribution in [0.3, 0.4) is 0 Å². The van der Waals surface area contributed by atoms with Crippen molar-refractivity contribution in [2.45, 2.75) is 45.1 Å². The summed E-state index contributed by atoms with van der Waals surface area (Å²) in [5, 5.41) is 3.49. The van der Waals surface area contributed by atoms with Gasteiger partial charge in [0.1, 0.15) is 9.32 Å². The molecule has 3 N–H and O–H groups in total. The highest BCUT2D eigenvalue weighted by Gasteiger charge is 2.35. The number of thiocarbonyl (C=S) groups is 1. The van der Waals surface area contributed by atoms with Crippen LogP contribution in [0.5, 0.6) is 0 Å². The van der Waals surface area contributed by atoms with Gasteiger partial charge in [-0.25, -0.2) is 0 Å². The molecule has 0 radical (unpaired) electrons. The molecule has 2 aromatic rings. The quantitative estimate of drug-likeness (QED) is 0.606. The van der Waals surface area contributed by atoms with Gasteiger partial charge in [0.15, 0.2) is 0 Å². The van der Waals surface area contributed by atoms with Gasteiger partial charge in [0.05, 0.1) is 11.3 Å². The summed E-state index contributed by atoms with van der Waals surface area (Å²) < 4.78 is 2.60. The van der Waals surface area contributed by atoms with E-state index in [1.54, 1.807) is 6.07 Å². The number of hydrogen-bond acceptors (Lipinski definition) is 6. The van der Waals surface area contributed by atoms with Crippen molar-refractivity contribution < 1.29 is 9.59 Å². The van der Waals surface area contributed by atoms with E-state index in [-0.39, 0.29) is 23.1 Å². The molecule has 7 nitrogen and oxygen atoms in total. The van der Waals surface area contributed by atoms with E-state index in [0.29, 0.717) is 33.3 Å². The van der Waals surface area contributed by atoms with Gasteiger partial charge in [0.2, 0.25) is 5.91 Å². The van der Waals surface area contributed by atoms with E-state index < -0.39 is 5.91 Å². The van der Waals surface area contributed by atoms with Gasteiger partial charge in [0.25, 0.3) is 11.5 Å². The fourth-order valence-corrected chi connectivity index (χ4v) is 7.94. The Balaban J connectivity index is 1.21. The van der Waals surface area contributed by atoms with Crippen molar-refractivity contribution in [3.63, 3.8) is 0 Å². The predicted molar refractivity (Wildman–Crippen MR) is 141 cm³/mol. The standard InChI is InChI=1S/C24H28N4O3S3/c1-13-5-6-16-18(7-13)34-23(21(16)22(25)31)26-19(29)12-33-24(32)27-9-14-8-15(11-27)17-3-2-4-20(30)28(17)10-14/h2-4,13-15H,5-12H2,1H3,(H2,25,31)(H,26,29)/t13-,14+,15-/m0/s1. The molecule has 0 unspecified atom stereocenters. The number of piperidine rings is 1. The topological polar surface area (TPSA) is 97.4 Å². The second-order valence-electron chi connectivity index (χ2n) is 9.63. The molecule has 0 spiro atoms. The molecule has 0 saturated carbocycles. The van der Waals surface area contributed by atoms with Crippen molar-refractivity contribution in [1.29, 1.82) is 0 Å². The van der Waals surface area contributed by atoms with Crippen LogP contribution in [-0.2, 0) is 24.2 Å². The van der Waals surface area contributed by atoms with Crippen LogP contribution in [-0.4, -0.2) is 44.4 Å². The van der Waals surface area contributed by atoms with Gasteiger partial charge >= 0.3 is 0 Å². The molecule has 1 aliphatic carbocycles. The summed E-state index contributed by atoms with van der Waals surface area (Å²) in [7, 11) is 0. The number of anilines is 1. The van der Waals surface area contributed by atoms with Crippen LogP contribution in [0.25, 0.3) is 0 Å². The van der Waals surface area contributed by atoms with Crippen LogP contribution in [0, 0.1) is 11.8 Å². The summed E-state index contributed by atoms with van der Waals surface area (Å²) in [6, 6.07) is 5.48. The average molecular weight is 517 g/mol. The number of hydrogen-bond donors (Lipinski definition) is 2. The van der Waals surface area contributed by atoms with Crippen molar-refractivity contribution in [3.8, 4) is 0 Å². The molecule has 3 aliphatic rings. The minimum Gasteiger partial charge on any atom is -0.365 e. The normalized spacial score (nSPS) is 23.1. The van der Waals surface area contributed by atoms with Crippen LogP contribution in [0.15, 0.2) is 23.0 Å². The number of fused-ring (bicyclic) bond motifs is 5. The summed E-state index contributed by atoms with van der Waals surface area (Å²) in [5.41, 5.74) is 8.29. The van der Waals surface area contributed by atoms with Crippen LogP contribution in [0.1, 0.15) is 52.2 Å². The van der Waals surface area contributed by atoms with E-state index in [4.69, 9.17) is 18.0 Å². The monoisotopic (exact) mass is 516 g/mol. The summed E-state index contributed by atoms with van der Waals surface area (Å²) in [4.78, 5) is 40.4. The van der Waals surface area contributed by atoms with Crippen LogP contribution < -0.4 is 16.6 Å². The Morgan fingerprint density at radius 2 is 2.12 bits per heavy atom. The average Bonchev–Trinajstić information content (AvgIpc) is 3.15. The number of nitrogens with one attached hydrogen (secondary N) is 1. The van der Waals surface area contributed by atoms with E-state index in [2.05, 4.69) is 17.1 Å². The molecule has 4 heterocycles. The van der Waals surface area contributed by atoms with Crippen LogP contribution in [0.4, 0.5) is 5.00 Å². The molecule has 2 bridgehead atoms. The van der Waals surface area contributed by atoms with Crippen molar-refractivity contribution in [2.24, 2.45) is 17.6 Å². The van der Waals surface area contributed by atoms with Gasteiger partial charge in [-0.05, 0) is 49.1 Å². The predicted octanol–water partition coefficient (Wildman–Crippen LogP) is 3.21. The highest BCUT2D eigenvalue weighted by atomic mass is 32.2. The van der Waals surface area contributed by atoms with E-state index in [1.807, 2.05) is 16.7 Å². The lowest BCUT2D eigenvalue weighted by Gasteiger charge is -2.43. The van der Waals surface area contributed by atoms with Gasteiger partial charge in [-0.1, -0.05) is 37.0 Å². The summed E-state index contributed by atoms with van der Waals surface area (Å²) in [6.45, 7) is 4.48. The van der Waals surface area contributed by atoms with E-state index >= 15 is 0 Å². The molecule has 1 saturated heterocycles. The summed E-state index contributed by atoms with van der Waals surface area (Å²) in [5.74, 6) is 0.722. The minimum atomic E-state index is -0.482. The lowest BCUT2D eigenvalue weighted by Crippen LogP contribution is -2.48. The zero-order valence-corrected chi connectivity index (χ0v) is 21.5. The fourth-order valence-electron chi connectivity index (χ4n) is 5.53. The second kappa shape index (κ2) is 9.47. The van der Waals surface area contributed by atoms with Gasteiger partial charge in [0, 0.05) is 42.2 Å². The number of rotatable bonds is 4. The highest BCUT2D eigenvalue weighted by molar-refractivity contribution is 8.23. The first-order valence-electron chi connectivity index (χ1n) is 11.7. The first-order valence-corrected chi connectivity index (χ1v) is 13.9. The number of carbonyl (C=O) groups is 2. The first kappa shape index (κ1) is 23.6. The molecule has 34 heavy (non-hydrogen) atoms. The maximum atomic E-state index is 12.8. The second-order valence-corrected chi connectivity index (χ2v) is 12.3. The minimum absolute atomic E-state index is 0.0642. The van der Waals surface area contributed by atoms with Crippen molar-refractivity contribution in [2.75, 3.05) is 24.2 Å². The third-order valence-electron chi connectivity index (χ3n) is 7.08. The number of carbonyl (C=O) groups excluding carboxylic acids is 2. The number of pyridine rings is 1. The number of aromatic nitrogens is 1. The Hall–Kier alpha value is -2.17. The van der Waals surface area contributed by atoms with Crippen molar-refractivity contribution in [3.05, 3.63) is 50.3 Å². The zero-order valence-electron chi connectivity index (χ0n) is 19.0. The Labute approximate surface area is 212 Å². The Morgan fingerprint density at radius 3 is 2.91 bits per heavy atom. The van der Waals surface area contributed by atoms with Crippen LogP contribution in [0.2, 0.25) is 0 Å². The molecule has 5 rings (SSSR count). The third kappa shape index (κ3) is 4.55. The summed E-state index contributed by atoms with van der Waals surface area (Å²) >= 11 is 8.50. The Bertz CT molecular complexity index is 1220. The smallest absolute Gasteiger partial charge is 0.251 e. The lowest BCUT2D eigenvalue weighted by molar-refractivity contribution is -0.113. The Morgan fingerprint density at radius 1 is 1.29 bits per heavy atom. The largest absolute Gasteiger partial charge is 0.365 e. The van der Waals surface area contributed by atoms with Gasteiger partial charge in [-0.15, -0.1) is 11.3 Å². The molecule has 3 atom stereocenters. The number of amides is 2. The van der Waals surface area contributed by atoms with Crippen LogP contribution >= 0.6 is 35.3 Å². The molecular formula is C24H28N4O3S3. The molecule has 2 amide bonds. The lowest BCUT2D eigenvalue weighted by atomic mass is 9.83. The number of likely N-dealkylation sites (tertiary alicyclic amines) is 1. The van der Waals surface area contributed by atoms with E-state index in [0.717, 1.165) is 54.9 Å². The molecule has 1 fully saturated rings. The van der Waals surface area contributed by atoms with Crippen molar-refractivity contribution in [1.82, 2.24) is 9.47 Å². The molecule has 2 aliphatic heterocycles. The number of thiophene rings is 1. The van der Waals surface area contributed by atoms with Gasteiger partial charge in [-0.3, -0.25) is 14.4 Å². The maximum Gasteiger partial charge on any atom is 0.251 e. The highest BCUT2D eigenvalue weighted by Crippen LogP contribution is 2.40. The van der Waals surface area contributed by atoms with Gasteiger partial charge < -0.3 is 20.5 Å². The third-order valence-corrected chi connectivity index (χ3v) is 9.77. The van der Waals surface area contributed by atoms with E-state index in [9.17, 15) is 14.4 Å². The van der Waals surface area contributed by atoms with Crippen molar-refractivity contribution >= 4 is 56.5 Å². The Kier molecular flexibility index (Phi) is 6.56. The molecule has 10 heteroatoms. The summed E-state index contributed by atoms with van der Waals surface area (Å²) in [6.07, 6.45) is 3.83. The first-order chi connectivity index (χ1) is 16.3. The fraction of sp³-hybridized carbons (Fsp3) is 0.500. The van der Waals surface area contributed by atoms with Gasteiger partial charge in [-0.2, -0.15) is 0 Å². The number of thioether (sulfide) groups is 1. The molecule has 2 aromatic heterocycles. The molecule has 180 valence electrons.